The van der Waals surface area contributed by atoms with Crippen molar-refractivity contribution in [3.8, 4) is 5.75 Å². The molecule has 2 N–H and O–H groups in total. The summed E-state index contributed by atoms with van der Waals surface area (Å²) in [4.78, 5) is 2.42. The molecule has 106 valence electrons. The van der Waals surface area contributed by atoms with Crippen LogP contribution in [0.2, 0.25) is 0 Å². The highest BCUT2D eigenvalue weighted by molar-refractivity contribution is 5.52. The minimum Gasteiger partial charge on any atom is -0.491 e. The number of rotatable bonds is 3. The van der Waals surface area contributed by atoms with E-state index in [2.05, 4.69) is 30.9 Å². The first-order valence-electron chi connectivity index (χ1n) is 7.21. The van der Waals surface area contributed by atoms with Gasteiger partial charge in [0.15, 0.2) is 0 Å². The maximum Gasteiger partial charge on any atom is 0.119 e. The second kappa shape index (κ2) is 5.41. The van der Waals surface area contributed by atoms with Crippen LogP contribution in [0.5, 0.6) is 5.75 Å². The number of nitrogens with zero attached hydrogens (tertiary/aromatic N) is 1. The monoisotopic (exact) mass is 262 g/mol. The molecule has 0 aliphatic carbocycles. The Balaban J connectivity index is 2.17. The Hall–Kier alpha value is -1.22. The van der Waals surface area contributed by atoms with Crippen LogP contribution >= 0.6 is 0 Å². The zero-order chi connectivity index (χ0) is 14.0. The Morgan fingerprint density at radius 1 is 1.26 bits per heavy atom. The Kier molecular flexibility index (Phi) is 4.04. The second-order valence-electron chi connectivity index (χ2n) is 6.21. The molecule has 1 unspecified atom stereocenters. The molecule has 0 radical (unpaired) electrons. The quantitative estimate of drug-likeness (QED) is 0.909. The van der Waals surface area contributed by atoms with Crippen molar-refractivity contribution in [1.29, 1.82) is 0 Å². The van der Waals surface area contributed by atoms with Crippen molar-refractivity contribution in [1.82, 2.24) is 0 Å². The van der Waals surface area contributed by atoms with Crippen LogP contribution in [0.4, 0.5) is 5.69 Å². The number of hydrogen-bond donors (Lipinski definition) is 1. The average molecular weight is 262 g/mol. The molecular weight excluding hydrogens is 236 g/mol. The molecule has 1 aliphatic rings. The molecule has 1 aromatic rings. The van der Waals surface area contributed by atoms with Crippen molar-refractivity contribution in [2.45, 2.75) is 58.2 Å². The lowest BCUT2D eigenvalue weighted by Crippen LogP contribution is -2.59. The Morgan fingerprint density at radius 2 is 1.89 bits per heavy atom. The van der Waals surface area contributed by atoms with Crippen molar-refractivity contribution in [3.05, 3.63) is 24.3 Å². The summed E-state index contributed by atoms with van der Waals surface area (Å²) >= 11 is 0. The highest BCUT2D eigenvalue weighted by atomic mass is 16.5. The molecule has 19 heavy (non-hydrogen) atoms. The Labute approximate surface area is 116 Å². The van der Waals surface area contributed by atoms with Gasteiger partial charge in [0.1, 0.15) is 5.75 Å². The number of nitrogens with two attached hydrogens (primary N) is 1. The first kappa shape index (κ1) is 14.2. The molecule has 0 bridgehead atoms. The number of benzene rings is 1. The Morgan fingerprint density at radius 3 is 2.47 bits per heavy atom. The molecule has 0 spiro atoms. The number of piperidine rings is 1. The van der Waals surface area contributed by atoms with Crippen LogP contribution in [0.3, 0.4) is 0 Å². The van der Waals surface area contributed by atoms with Gasteiger partial charge < -0.3 is 15.4 Å². The van der Waals surface area contributed by atoms with Crippen LogP contribution in [0.25, 0.3) is 0 Å². The van der Waals surface area contributed by atoms with E-state index in [1.165, 1.54) is 5.69 Å². The lowest BCUT2D eigenvalue weighted by atomic mass is 9.85. The highest BCUT2D eigenvalue weighted by Crippen LogP contribution is 2.32. The van der Waals surface area contributed by atoms with Gasteiger partial charge in [-0.3, -0.25) is 0 Å². The van der Waals surface area contributed by atoms with Gasteiger partial charge in [-0.2, -0.15) is 0 Å². The summed E-state index contributed by atoms with van der Waals surface area (Å²) in [6.45, 7) is 9.62. The third kappa shape index (κ3) is 3.03. The van der Waals surface area contributed by atoms with Gasteiger partial charge in [0, 0.05) is 23.8 Å². The van der Waals surface area contributed by atoms with Crippen LogP contribution in [0, 0.1) is 0 Å². The van der Waals surface area contributed by atoms with Gasteiger partial charge in [-0.25, -0.2) is 0 Å². The molecule has 1 atom stereocenters. The fraction of sp³-hybridized carbons (Fsp3) is 0.625. The summed E-state index contributed by atoms with van der Waals surface area (Å²) in [5, 5.41) is 0. The van der Waals surface area contributed by atoms with Crippen LogP contribution in [0.15, 0.2) is 24.3 Å². The molecule has 1 aliphatic heterocycles. The van der Waals surface area contributed by atoms with Gasteiger partial charge in [-0.1, -0.05) is 0 Å². The predicted molar refractivity (Wildman–Crippen MR) is 80.8 cm³/mol. The first-order valence-corrected chi connectivity index (χ1v) is 7.21. The maximum atomic E-state index is 6.27. The van der Waals surface area contributed by atoms with Gasteiger partial charge in [0.2, 0.25) is 0 Å². The largest absolute Gasteiger partial charge is 0.491 e. The van der Waals surface area contributed by atoms with Crippen molar-refractivity contribution < 1.29 is 4.74 Å². The van der Waals surface area contributed by atoms with Gasteiger partial charge in [0.25, 0.3) is 0 Å². The van der Waals surface area contributed by atoms with E-state index in [0.29, 0.717) is 0 Å². The smallest absolute Gasteiger partial charge is 0.119 e. The summed E-state index contributed by atoms with van der Waals surface area (Å²) in [5.74, 6) is 0.929. The molecule has 1 heterocycles. The van der Waals surface area contributed by atoms with Crippen LogP contribution < -0.4 is 15.4 Å². The van der Waals surface area contributed by atoms with E-state index in [1.807, 2.05) is 26.0 Å². The van der Waals surface area contributed by atoms with E-state index in [9.17, 15) is 0 Å². The standard InChI is InChI=1S/C16H26N2O/c1-12(2)19-14-9-7-13(8-10-14)18-11-5-6-15(17)16(18,3)4/h7-10,12,15H,5-6,11,17H2,1-4H3. The lowest BCUT2D eigenvalue weighted by Gasteiger charge is -2.48. The molecule has 1 aromatic carbocycles. The average Bonchev–Trinajstić information content (AvgIpc) is 2.33. The molecule has 0 aromatic heterocycles. The van der Waals surface area contributed by atoms with Crippen molar-refractivity contribution in [2.75, 3.05) is 11.4 Å². The van der Waals surface area contributed by atoms with Crippen LogP contribution in [-0.4, -0.2) is 24.2 Å². The van der Waals surface area contributed by atoms with Gasteiger partial charge in [-0.05, 0) is 64.8 Å². The van der Waals surface area contributed by atoms with Gasteiger partial charge >= 0.3 is 0 Å². The van der Waals surface area contributed by atoms with Crippen molar-refractivity contribution in [3.63, 3.8) is 0 Å². The van der Waals surface area contributed by atoms with E-state index >= 15 is 0 Å². The minimum absolute atomic E-state index is 0.0126. The molecular formula is C16H26N2O. The van der Waals surface area contributed by atoms with E-state index in [0.717, 1.165) is 25.1 Å². The maximum absolute atomic E-state index is 6.27. The molecule has 2 rings (SSSR count). The second-order valence-corrected chi connectivity index (χ2v) is 6.21. The van der Waals surface area contributed by atoms with Crippen molar-refractivity contribution >= 4 is 5.69 Å². The molecule has 1 fully saturated rings. The van der Waals surface area contributed by atoms with Crippen LogP contribution in [0.1, 0.15) is 40.5 Å². The first-order chi connectivity index (χ1) is 8.91. The summed E-state index contributed by atoms with van der Waals surface area (Å²) in [6, 6.07) is 8.60. The summed E-state index contributed by atoms with van der Waals surface area (Å²) < 4.78 is 5.69. The number of ether oxygens (including phenoxy) is 1. The fourth-order valence-electron chi connectivity index (χ4n) is 2.75. The van der Waals surface area contributed by atoms with E-state index < -0.39 is 0 Å². The Bertz CT molecular complexity index is 411. The van der Waals surface area contributed by atoms with E-state index in [-0.39, 0.29) is 17.7 Å². The zero-order valence-electron chi connectivity index (χ0n) is 12.5. The third-order valence-corrected chi connectivity index (χ3v) is 4.02. The molecule has 0 amide bonds. The molecule has 0 saturated carbocycles. The normalized spacial score (nSPS) is 22.6. The molecule has 3 heteroatoms. The van der Waals surface area contributed by atoms with Gasteiger partial charge in [-0.15, -0.1) is 0 Å². The predicted octanol–water partition coefficient (Wildman–Crippen LogP) is 3.18. The summed E-state index contributed by atoms with van der Waals surface area (Å²) in [6.07, 6.45) is 2.48. The zero-order valence-corrected chi connectivity index (χ0v) is 12.5. The summed E-state index contributed by atoms with van der Waals surface area (Å²) in [7, 11) is 0. The van der Waals surface area contributed by atoms with Gasteiger partial charge in [0.05, 0.1) is 6.10 Å². The molecule has 1 saturated heterocycles. The van der Waals surface area contributed by atoms with Crippen molar-refractivity contribution in [2.24, 2.45) is 5.73 Å². The van der Waals surface area contributed by atoms with E-state index in [4.69, 9.17) is 10.5 Å². The highest BCUT2D eigenvalue weighted by Gasteiger charge is 2.36. The van der Waals surface area contributed by atoms with Crippen LogP contribution in [-0.2, 0) is 0 Å². The third-order valence-electron chi connectivity index (χ3n) is 4.02. The fourth-order valence-corrected chi connectivity index (χ4v) is 2.75. The topological polar surface area (TPSA) is 38.5 Å². The SMILES string of the molecule is CC(C)Oc1ccc(N2CCCC(N)C2(C)C)cc1. The van der Waals surface area contributed by atoms with E-state index in [1.54, 1.807) is 0 Å². The number of hydrogen-bond acceptors (Lipinski definition) is 3. The lowest BCUT2D eigenvalue weighted by molar-refractivity contribution is 0.242. The summed E-state index contributed by atoms with van der Waals surface area (Å²) in [5.41, 5.74) is 7.51. The minimum atomic E-state index is 0.0126. The number of anilines is 1. The molecule has 3 nitrogen and oxygen atoms in total.